The number of carbonyl (C=O) groups excluding carboxylic acids is 1. The lowest BCUT2D eigenvalue weighted by atomic mass is 10.1. The summed E-state index contributed by atoms with van der Waals surface area (Å²) in [4.78, 5) is 22.4. The molecule has 0 saturated heterocycles. The van der Waals surface area contributed by atoms with Gasteiger partial charge in [0.2, 0.25) is 0 Å². The van der Waals surface area contributed by atoms with Gasteiger partial charge in [0, 0.05) is 17.7 Å². The molecule has 0 radical (unpaired) electrons. The number of carbonyl (C=O) groups is 1. The molecule has 0 aliphatic carbocycles. The van der Waals surface area contributed by atoms with Gasteiger partial charge in [0.15, 0.2) is 17.3 Å². The standard InChI is InChI=1S/C21H17NO7/c1-27-21-12-14(2-10-20(21)24)19(23)11-9-17-7-8-18(29-17)13-28-16-5-3-15(4-6-16)22(25)26/h2-12,24H,13H2,1H3/b11-9+. The molecular weight excluding hydrogens is 378 g/mol. The first-order valence-corrected chi connectivity index (χ1v) is 8.51. The van der Waals surface area contributed by atoms with Gasteiger partial charge < -0.3 is 19.0 Å². The molecule has 0 fully saturated rings. The number of ether oxygens (including phenoxy) is 2. The SMILES string of the molecule is COc1cc(C(=O)/C=C/c2ccc(COc3ccc([N+](=O)[O-])cc3)o2)ccc1O. The van der Waals surface area contributed by atoms with Gasteiger partial charge in [-0.3, -0.25) is 14.9 Å². The lowest BCUT2D eigenvalue weighted by molar-refractivity contribution is -0.384. The molecule has 0 aliphatic rings. The van der Waals surface area contributed by atoms with E-state index >= 15 is 0 Å². The molecule has 8 nitrogen and oxygen atoms in total. The molecule has 1 N–H and O–H groups in total. The summed E-state index contributed by atoms with van der Waals surface area (Å²) in [6.45, 7) is 0.134. The molecule has 0 atom stereocenters. The van der Waals surface area contributed by atoms with Crippen LogP contribution in [0.2, 0.25) is 0 Å². The summed E-state index contributed by atoms with van der Waals surface area (Å²) >= 11 is 0. The summed E-state index contributed by atoms with van der Waals surface area (Å²) in [5.41, 5.74) is 0.350. The second-order valence-corrected chi connectivity index (χ2v) is 5.93. The molecule has 3 aromatic rings. The Balaban J connectivity index is 1.59. The molecule has 0 unspecified atom stereocenters. The minimum atomic E-state index is -0.482. The Morgan fingerprint density at radius 2 is 1.93 bits per heavy atom. The van der Waals surface area contributed by atoms with Gasteiger partial charge in [-0.2, -0.15) is 0 Å². The number of allylic oxidation sites excluding steroid dienone is 1. The van der Waals surface area contributed by atoms with Crippen LogP contribution in [0.3, 0.4) is 0 Å². The van der Waals surface area contributed by atoms with Crippen LogP contribution in [0, 0.1) is 10.1 Å². The zero-order valence-electron chi connectivity index (χ0n) is 15.4. The third kappa shape index (κ3) is 5.01. The van der Waals surface area contributed by atoms with Crippen molar-refractivity contribution in [2.75, 3.05) is 7.11 Å². The van der Waals surface area contributed by atoms with Crippen molar-refractivity contribution in [3.05, 3.63) is 87.9 Å². The number of nitro groups is 1. The van der Waals surface area contributed by atoms with Crippen LogP contribution in [0.4, 0.5) is 5.69 Å². The number of nitrogens with zero attached hydrogens (tertiary/aromatic N) is 1. The second kappa shape index (κ2) is 8.75. The van der Waals surface area contributed by atoms with Gasteiger partial charge in [-0.15, -0.1) is 0 Å². The molecule has 0 spiro atoms. The van der Waals surface area contributed by atoms with Gasteiger partial charge >= 0.3 is 0 Å². The van der Waals surface area contributed by atoms with E-state index in [0.29, 0.717) is 22.8 Å². The Morgan fingerprint density at radius 1 is 1.17 bits per heavy atom. The van der Waals surface area contributed by atoms with E-state index in [4.69, 9.17) is 13.9 Å². The molecule has 8 heteroatoms. The van der Waals surface area contributed by atoms with E-state index in [1.165, 1.54) is 61.7 Å². The number of hydrogen-bond acceptors (Lipinski definition) is 7. The molecule has 3 rings (SSSR count). The van der Waals surface area contributed by atoms with Crippen molar-refractivity contribution in [2.24, 2.45) is 0 Å². The molecule has 29 heavy (non-hydrogen) atoms. The smallest absolute Gasteiger partial charge is 0.269 e. The quantitative estimate of drug-likeness (QED) is 0.261. The third-order valence-electron chi connectivity index (χ3n) is 3.97. The maximum absolute atomic E-state index is 12.3. The van der Waals surface area contributed by atoms with Gasteiger partial charge in [-0.1, -0.05) is 0 Å². The Bertz CT molecular complexity index is 1050. The first kappa shape index (κ1) is 19.7. The Hall–Kier alpha value is -4.07. The number of non-ortho nitro benzene ring substituents is 1. The fraction of sp³-hybridized carbons (Fsp3) is 0.0952. The van der Waals surface area contributed by atoms with Crippen molar-refractivity contribution in [3.8, 4) is 17.2 Å². The minimum absolute atomic E-state index is 0.0151. The Morgan fingerprint density at radius 3 is 2.62 bits per heavy atom. The van der Waals surface area contributed by atoms with Crippen LogP contribution in [-0.2, 0) is 6.61 Å². The minimum Gasteiger partial charge on any atom is -0.504 e. The molecule has 2 aromatic carbocycles. The number of nitro benzene ring substituents is 1. The van der Waals surface area contributed by atoms with Crippen LogP contribution in [-0.4, -0.2) is 22.9 Å². The summed E-state index contributed by atoms with van der Waals surface area (Å²) in [5, 5.41) is 20.2. The lowest BCUT2D eigenvalue weighted by Crippen LogP contribution is -1.95. The molecule has 0 aliphatic heterocycles. The zero-order chi connectivity index (χ0) is 20.8. The molecule has 1 heterocycles. The van der Waals surface area contributed by atoms with Crippen molar-refractivity contribution >= 4 is 17.5 Å². The van der Waals surface area contributed by atoms with Crippen LogP contribution in [0.1, 0.15) is 21.9 Å². The third-order valence-corrected chi connectivity index (χ3v) is 3.97. The molecule has 0 saturated carbocycles. The number of ketones is 1. The highest BCUT2D eigenvalue weighted by atomic mass is 16.6. The number of benzene rings is 2. The molecule has 1 aromatic heterocycles. The first-order valence-electron chi connectivity index (χ1n) is 8.51. The topological polar surface area (TPSA) is 112 Å². The highest BCUT2D eigenvalue weighted by Crippen LogP contribution is 2.26. The second-order valence-electron chi connectivity index (χ2n) is 5.93. The fourth-order valence-corrected chi connectivity index (χ4v) is 2.47. The average molecular weight is 395 g/mol. The van der Waals surface area contributed by atoms with Crippen LogP contribution < -0.4 is 9.47 Å². The van der Waals surface area contributed by atoms with E-state index in [9.17, 15) is 20.0 Å². The van der Waals surface area contributed by atoms with Crippen LogP contribution >= 0.6 is 0 Å². The summed E-state index contributed by atoms with van der Waals surface area (Å²) < 4.78 is 16.1. The van der Waals surface area contributed by atoms with Gasteiger partial charge in [-0.25, -0.2) is 0 Å². The highest BCUT2D eigenvalue weighted by Gasteiger charge is 2.09. The number of phenols is 1. The number of hydrogen-bond donors (Lipinski definition) is 1. The monoisotopic (exact) mass is 395 g/mol. The van der Waals surface area contributed by atoms with Crippen molar-refractivity contribution in [1.29, 1.82) is 0 Å². The number of aromatic hydroxyl groups is 1. The summed E-state index contributed by atoms with van der Waals surface area (Å²) in [7, 11) is 1.41. The number of rotatable bonds is 8. The Kier molecular flexibility index (Phi) is 5.94. The van der Waals surface area contributed by atoms with Crippen molar-refractivity contribution in [3.63, 3.8) is 0 Å². The van der Waals surface area contributed by atoms with E-state index < -0.39 is 4.92 Å². The van der Waals surface area contributed by atoms with Crippen molar-refractivity contribution in [2.45, 2.75) is 6.61 Å². The molecule has 148 valence electrons. The van der Waals surface area contributed by atoms with E-state index in [0.717, 1.165) is 0 Å². The first-order chi connectivity index (χ1) is 14.0. The molecule has 0 amide bonds. The number of furan rings is 1. The highest BCUT2D eigenvalue weighted by molar-refractivity contribution is 6.07. The molecular formula is C21H17NO7. The van der Waals surface area contributed by atoms with Crippen LogP contribution in [0.15, 0.2) is 65.1 Å². The van der Waals surface area contributed by atoms with Crippen LogP contribution in [0.5, 0.6) is 17.2 Å². The van der Waals surface area contributed by atoms with Gasteiger partial charge in [0.05, 0.1) is 12.0 Å². The summed E-state index contributed by atoms with van der Waals surface area (Å²) in [5.74, 6) is 1.36. The summed E-state index contributed by atoms with van der Waals surface area (Å²) in [6, 6.07) is 13.5. The molecule has 0 bridgehead atoms. The van der Waals surface area contributed by atoms with E-state index in [1.807, 2.05) is 0 Å². The van der Waals surface area contributed by atoms with Gasteiger partial charge in [0.1, 0.15) is 23.9 Å². The Labute approximate surface area is 165 Å². The van der Waals surface area contributed by atoms with E-state index in [1.54, 1.807) is 12.1 Å². The average Bonchev–Trinajstić information content (AvgIpc) is 3.19. The number of methoxy groups -OCH3 is 1. The van der Waals surface area contributed by atoms with Gasteiger partial charge in [0.25, 0.3) is 5.69 Å². The van der Waals surface area contributed by atoms with E-state index in [-0.39, 0.29) is 29.6 Å². The maximum Gasteiger partial charge on any atom is 0.269 e. The largest absolute Gasteiger partial charge is 0.504 e. The fourth-order valence-electron chi connectivity index (χ4n) is 2.47. The van der Waals surface area contributed by atoms with Crippen molar-refractivity contribution in [1.82, 2.24) is 0 Å². The van der Waals surface area contributed by atoms with Gasteiger partial charge in [-0.05, 0) is 54.6 Å². The van der Waals surface area contributed by atoms with Crippen LogP contribution in [0.25, 0.3) is 6.08 Å². The normalized spacial score (nSPS) is 10.8. The van der Waals surface area contributed by atoms with E-state index in [2.05, 4.69) is 0 Å². The summed E-state index contributed by atoms with van der Waals surface area (Å²) in [6.07, 6.45) is 2.88. The predicted molar refractivity (Wildman–Crippen MR) is 104 cm³/mol. The maximum atomic E-state index is 12.3. The number of phenolic OH excluding ortho intramolecular Hbond substituents is 1. The zero-order valence-corrected chi connectivity index (χ0v) is 15.4. The predicted octanol–water partition coefficient (Wildman–Crippen LogP) is 4.38. The van der Waals surface area contributed by atoms with Crippen molar-refractivity contribution < 1.29 is 28.7 Å². The lowest BCUT2D eigenvalue weighted by Gasteiger charge is -2.04.